The molecule has 2 aliphatic heterocycles. The molecule has 2 heterocycles. The van der Waals surface area contributed by atoms with E-state index < -0.39 is 0 Å². The van der Waals surface area contributed by atoms with Crippen molar-refractivity contribution in [1.29, 1.82) is 0 Å². The molecule has 0 aromatic carbocycles. The average Bonchev–Trinajstić information content (AvgIpc) is 3.25. The molecule has 3 atom stereocenters. The Labute approximate surface area is 176 Å². The molecule has 29 heavy (non-hydrogen) atoms. The molecule has 3 amide bonds. The number of amides is 3. The van der Waals surface area contributed by atoms with Crippen LogP contribution >= 0.6 is 11.8 Å². The smallest absolute Gasteiger partial charge is 0.315 e. The normalized spacial score (nSPS) is 22.9. The third-order valence-corrected chi connectivity index (χ3v) is 6.25. The average molecular weight is 435 g/mol. The predicted octanol–water partition coefficient (Wildman–Crippen LogP) is -0.231. The number of ether oxygens (including phenoxy) is 3. The molecule has 5 N–H and O–H groups in total. The largest absolute Gasteiger partial charge is 0.377 e. The number of unbranched alkanes of at least 4 members (excludes halogenated alkanes) is 1. The molecule has 2 saturated heterocycles. The summed E-state index contributed by atoms with van der Waals surface area (Å²) in [4.78, 5) is 27.6. The maximum Gasteiger partial charge on any atom is 0.315 e. The lowest BCUT2D eigenvalue weighted by molar-refractivity contribution is -0.121. The van der Waals surface area contributed by atoms with Crippen LogP contribution in [-0.4, -0.2) is 87.8 Å². The molecule has 2 fully saturated rings. The van der Waals surface area contributed by atoms with Crippen molar-refractivity contribution in [2.24, 2.45) is 5.90 Å². The number of nitrogens with two attached hydrogens (primary N) is 1. The minimum Gasteiger partial charge on any atom is -0.377 e. The summed E-state index contributed by atoms with van der Waals surface area (Å²) < 4.78 is 16.0. The van der Waals surface area contributed by atoms with E-state index in [4.69, 9.17) is 20.1 Å². The summed E-state index contributed by atoms with van der Waals surface area (Å²) >= 11 is 1.90. The Kier molecular flexibility index (Phi) is 12.3. The second-order valence-electron chi connectivity index (χ2n) is 6.93. The zero-order valence-corrected chi connectivity index (χ0v) is 17.7. The number of fused-ring (bicyclic) bond motifs is 1. The van der Waals surface area contributed by atoms with Crippen molar-refractivity contribution < 1.29 is 28.6 Å². The van der Waals surface area contributed by atoms with E-state index in [0.29, 0.717) is 64.5 Å². The summed E-state index contributed by atoms with van der Waals surface area (Å²) in [5, 5.41) is 9.25. The highest BCUT2D eigenvalue weighted by Crippen LogP contribution is 2.33. The van der Waals surface area contributed by atoms with Crippen LogP contribution in [0.15, 0.2) is 0 Å². The van der Waals surface area contributed by atoms with Crippen LogP contribution in [0.5, 0.6) is 0 Å². The zero-order valence-electron chi connectivity index (χ0n) is 16.9. The molecule has 0 spiro atoms. The van der Waals surface area contributed by atoms with E-state index in [-0.39, 0.29) is 24.0 Å². The quantitative estimate of drug-likeness (QED) is 0.140. The number of thioether (sulfide) groups is 1. The minimum absolute atomic E-state index is 0.0521. The van der Waals surface area contributed by atoms with Gasteiger partial charge in [0.1, 0.15) is 0 Å². The van der Waals surface area contributed by atoms with Gasteiger partial charge >= 0.3 is 6.03 Å². The molecule has 11 heteroatoms. The van der Waals surface area contributed by atoms with Gasteiger partial charge in [-0.3, -0.25) is 4.79 Å². The molecular formula is C18H34N4O6S. The van der Waals surface area contributed by atoms with Gasteiger partial charge in [0, 0.05) is 24.0 Å². The van der Waals surface area contributed by atoms with Crippen LogP contribution in [0.1, 0.15) is 25.7 Å². The SMILES string of the molecule is NOCCOCCOCCOCCNC(=O)CCCC[C@@H]1SC[C@H]2NC(=O)N[C@@H]12. The summed E-state index contributed by atoms with van der Waals surface area (Å²) in [5.74, 6) is 5.89. The lowest BCUT2D eigenvalue weighted by Crippen LogP contribution is -2.36. The van der Waals surface area contributed by atoms with Gasteiger partial charge in [-0.2, -0.15) is 11.8 Å². The number of urea groups is 1. The van der Waals surface area contributed by atoms with Gasteiger partial charge in [-0.15, -0.1) is 0 Å². The highest BCUT2D eigenvalue weighted by molar-refractivity contribution is 8.00. The summed E-state index contributed by atoms with van der Waals surface area (Å²) in [6.07, 6.45) is 3.39. The summed E-state index contributed by atoms with van der Waals surface area (Å²) in [7, 11) is 0. The minimum atomic E-state index is -0.0543. The Balaban J connectivity index is 1.33. The molecule has 0 saturated carbocycles. The molecule has 168 valence electrons. The summed E-state index contributed by atoms with van der Waals surface area (Å²) in [6.45, 7) is 3.74. The van der Waals surface area contributed by atoms with Crippen molar-refractivity contribution in [3.63, 3.8) is 0 Å². The number of carbonyl (C=O) groups excluding carboxylic acids is 2. The van der Waals surface area contributed by atoms with Gasteiger partial charge < -0.3 is 35.0 Å². The van der Waals surface area contributed by atoms with Crippen LogP contribution in [0, 0.1) is 0 Å². The number of carbonyl (C=O) groups is 2. The Morgan fingerprint density at radius 3 is 2.45 bits per heavy atom. The van der Waals surface area contributed by atoms with E-state index in [2.05, 4.69) is 20.8 Å². The lowest BCUT2D eigenvalue weighted by atomic mass is 10.0. The molecule has 2 rings (SSSR count). The lowest BCUT2D eigenvalue weighted by Gasteiger charge is -2.16. The molecule has 0 radical (unpaired) electrons. The van der Waals surface area contributed by atoms with E-state index >= 15 is 0 Å². The Morgan fingerprint density at radius 1 is 1.03 bits per heavy atom. The highest BCUT2D eigenvalue weighted by atomic mass is 32.2. The van der Waals surface area contributed by atoms with Gasteiger partial charge in [0.05, 0.1) is 58.3 Å². The van der Waals surface area contributed by atoms with E-state index in [0.717, 1.165) is 25.0 Å². The first-order valence-electron chi connectivity index (χ1n) is 10.2. The van der Waals surface area contributed by atoms with Gasteiger partial charge in [-0.25, -0.2) is 10.7 Å². The van der Waals surface area contributed by atoms with Crippen molar-refractivity contribution in [2.75, 3.05) is 58.5 Å². The third kappa shape index (κ3) is 9.96. The van der Waals surface area contributed by atoms with Crippen molar-refractivity contribution in [2.45, 2.75) is 43.0 Å². The van der Waals surface area contributed by atoms with Crippen LogP contribution in [0.3, 0.4) is 0 Å². The van der Waals surface area contributed by atoms with E-state index in [1.54, 1.807) is 0 Å². The van der Waals surface area contributed by atoms with Crippen LogP contribution in [0.4, 0.5) is 4.79 Å². The number of rotatable bonds is 17. The first-order valence-corrected chi connectivity index (χ1v) is 11.3. The van der Waals surface area contributed by atoms with E-state index in [9.17, 15) is 9.59 Å². The van der Waals surface area contributed by atoms with Gasteiger partial charge in [-0.05, 0) is 12.8 Å². The Morgan fingerprint density at radius 2 is 1.72 bits per heavy atom. The van der Waals surface area contributed by atoms with Crippen LogP contribution in [0.2, 0.25) is 0 Å². The van der Waals surface area contributed by atoms with Gasteiger partial charge in [0.2, 0.25) is 5.91 Å². The maximum absolute atomic E-state index is 11.9. The standard InChI is InChI=1S/C18H34N4O6S/c19-28-12-11-27-10-9-26-8-7-25-6-5-20-16(23)4-2-1-3-15-17-14(13-29-15)21-18(24)22-17/h14-15,17H,1-13,19H2,(H,20,23)(H2,21,22,24)/t14-,15+,17-/m1/s1. The van der Waals surface area contributed by atoms with E-state index in [1.165, 1.54) is 0 Å². The second-order valence-corrected chi connectivity index (χ2v) is 8.20. The molecule has 10 nitrogen and oxygen atoms in total. The number of hydrogen-bond acceptors (Lipinski definition) is 8. The zero-order chi connectivity index (χ0) is 20.7. The van der Waals surface area contributed by atoms with Gasteiger partial charge in [-0.1, -0.05) is 6.42 Å². The van der Waals surface area contributed by atoms with Crippen molar-refractivity contribution in [3.8, 4) is 0 Å². The predicted molar refractivity (Wildman–Crippen MR) is 110 cm³/mol. The fourth-order valence-corrected chi connectivity index (χ4v) is 4.82. The van der Waals surface area contributed by atoms with Gasteiger partial charge in [0.15, 0.2) is 0 Å². The van der Waals surface area contributed by atoms with Crippen molar-refractivity contribution in [1.82, 2.24) is 16.0 Å². The van der Waals surface area contributed by atoms with Crippen LogP contribution in [-0.2, 0) is 23.8 Å². The molecule has 2 aliphatic rings. The van der Waals surface area contributed by atoms with Crippen LogP contribution in [0.25, 0.3) is 0 Å². The fraction of sp³-hybridized carbons (Fsp3) is 0.889. The van der Waals surface area contributed by atoms with E-state index in [1.807, 2.05) is 11.8 Å². The number of hydrogen-bond donors (Lipinski definition) is 4. The fourth-order valence-electron chi connectivity index (χ4n) is 3.27. The number of nitrogens with one attached hydrogen (secondary N) is 3. The molecule has 0 unspecified atom stereocenters. The summed E-state index contributed by atoms with van der Waals surface area (Å²) in [5.41, 5.74) is 0. The molecular weight excluding hydrogens is 400 g/mol. The Bertz CT molecular complexity index is 487. The monoisotopic (exact) mass is 434 g/mol. The third-order valence-electron chi connectivity index (χ3n) is 4.74. The van der Waals surface area contributed by atoms with Crippen molar-refractivity contribution >= 4 is 23.7 Å². The van der Waals surface area contributed by atoms with Gasteiger partial charge in [0.25, 0.3) is 0 Å². The molecule has 0 bridgehead atoms. The molecule has 0 aromatic rings. The first kappa shape index (κ1) is 24.2. The topological polar surface area (TPSA) is 133 Å². The highest BCUT2D eigenvalue weighted by Gasteiger charge is 2.42. The first-order chi connectivity index (χ1) is 14.2. The van der Waals surface area contributed by atoms with Crippen LogP contribution < -0.4 is 21.8 Å². The second kappa shape index (κ2) is 14.8. The maximum atomic E-state index is 11.9. The molecule has 0 aromatic heterocycles. The molecule has 0 aliphatic carbocycles. The van der Waals surface area contributed by atoms with Crippen molar-refractivity contribution in [3.05, 3.63) is 0 Å². The Hall–Kier alpha value is -1.11. The summed E-state index contributed by atoms with van der Waals surface area (Å²) in [6, 6.07) is 0.443.